The van der Waals surface area contributed by atoms with Gasteiger partial charge in [0, 0.05) is 30.4 Å². The molecule has 1 aromatic heterocycles. The highest BCUT2D eigenvalue weighted by molar-refractivity contribution is 7.13. The molecule has 2 aliphatic rings. The van der Waals surface area contributed by atoms with Crippen LogP contribution in [0.25, 0.3) is 10.4 Å². The number of rotatable bonds is 6. The Bertz CT molecular complexity index is 921. The van der Waals surface area contributed by atoms with Crippen molar-refractivity contribution < 1.29 is 9.59 Å². The minimum atomic E-state index is -0.566. The highest BCUT2D eigenvalue weighted by atomic mass is 32.1. The van der Waals surface area contributed by atoms with Crippen molar-refractivity contribution in [2.24, 2.45) is 11.3 Å². The lowest BCUT2D eigenvalue weighted by Gasteiger charge is -2.30. The van der Waals surface area contributed by atoms with Gasteiger partial charge in [-0.1, -0.05) is 42.5 Å². The molecule has 158 valence electrons. The van der Waals surface area contributed by atoms with Gasteiger partial charge in [0.05, 0.1) is 5.41 Å². The number of carbonyl (C=O) groups is 2. The molecule has 0 saturated carbocycles. The molecule has 2 amide bonds. The van der Waals surface area contributed by atoms with Crippen LogP contribution < -0.4 is 5.32 Å². The van der Waals surface area contributed by atoms with Crippen molar-refractivity contribution in [3.8, 4) is 10.4 Å². The van der Waals surface area contributed by atoms with E-state index in [0.29, 0.717) is 32.5 Å². The summed E-state index contributed by atoms with van der Waals surface area (Å²) < 4.78 is 0. The number of thiophene rings is 1. The molecule has 4 nitrogen and oxygen atoms in total. The van der Waals surface area contributed by atoms with Crippen LogP contribution >= 0.6 is 11.3 Å². The van der Waals surface area contributed by atoms with Gasteiger partial charge in [0.2, 0.25) is 11.8 Å². The van der Waals surface area contributed by atoms with Crippen molar-refractivity contribution in [2.45, 2.75) is 39.0 Å². The second kappa shape index (κ2) is 9.17. The number of allylic oxidation sites excluding steroid dienone is 2. The first-order valence-corrected chi connectivity index (χ1v) is 11.8. The minimum absolute atomic E-state index is 0.0680. The minimum Gasteiger partial charge on any atom is -0.356 e. The van der Waals surface area contributed by atoms with Crippen LogP contribution in [0.2, 0.25) is 0 Å². The molecule has 2 heterocycles. The number of amides is 2. The highest BCUT2D eigenvalue weighted by Gasteiger charge is 2.46. The lowest BCUT2D eigenvalue weighted by molar-refractivity contribution is -0.136. The third kappa shape index (κ3) is 4.22. The number of nitrogens with zero attached hydrogens (tertiary/aromatic N) is 1. The molecule has 5 heteroatoms. The number of hydrogen-bond acceptors (Lipinski definition) is 3. The first-order valence-electron chi connectivity index (χ1n) is 11.0. The van der Waals surface area contributed by atoms with E-state index < -0.39 is 5.41 Å². The Kier molecular flexibility index (Phi) is 6.38. The zero-order valence-corrected chi connectivity index (χ0v) is 18.4. The van der Waals surface area contributed by atoms with Crippen LogP contribution in [0.3, 0.4) is 0 Å². The summed E-state index contributed by atoms with van der Waals surface area (Å²) >= 11 is 1.72. The average Bonchev–Trinajstić information content (AvgIpc) is 3.46. The maximum atomic E-state index is 13.3. The van der Waals surface area contributed by atoms with Crippen LogP contribution in [0.4, 0.5) is 0 Å². The molecule has 1 aromatic carbocycles. The Morgan fingerprint density at radius 2 is 2.07 bits per heavy atom. The van der Waals surface area contributed by atoms with E-state index in [9.17, 15) is 9.59 Å². The maximum Gasteiger partial charge on any atom is 0.228 e. The second-order valence-corrected chi connectivity index (χ2v) is 9.39. The van der Waals surface area contributed by atoms with Crippen molar-refractivity contribution in [1.82, 2.24) is 10.2 Å². The number of carbonyl (C=O) groups excluding carboxylic acids is 2. The molecular weight excluding hydrogens is 392 g/mol. The molecule has 1 saturated heterocycles. The summed E-state index contributed by atoms with van der Waals surface area (Å²) in [5.41, 5.74) is 1.81. The Morgan fingerprint density at radius 3 is 2.80 bits per heavy atom. The third-order valence-corrected chi connectivity index (χ3v) is 7.34. The predicted octanol–water partition coefficient (Wildman–Crippen LogP) is 4.67. The van der Waals surface area contributed by atoms with Crippen molar-refractivity contribution in [3.63, 3.8) is 0 Å². The van der Waals surface area contributed by atoms with Crippen molar-refractivity contribution in [3.05, 3.63) is 59.5 Å². The Morgan fingerprint density at radius 1 is 1.20 bits per heavy atom. The smallest absolute Gasteiger partial charge is 0.228 e. The number of benzene rings is 1. The Labute approximate surface area is 183 Å². The molecule has 1 aliphatic heterocycles. The second-order valence-electron chi connectivity index (χ2n) is 8.44. The van der Waals surface area contributed by atoms with E-state index in [1.54, 1.807) is 11.3 Å². The Hall–Kier alpha value is -2.40. The van der Waals surface area contributed by atoms with Gasteiger partial charge in [-0.15, -0.1) is 11.3 Å². The Balaban J connectivity index is 1.60. The largest absolute Gasteiger partial charge is 0.356 e. The first-order chi connectivity index (χ1) is 14.6. The van der Waals surface area contributed by atoms with E-state index in [2.05, 4.69) is 53.2 Å². The van der Waals surface area contributed by atoms with Crippen molar-refractivity contribution >= 4 is 23.2 Å². The molecule has 0 radical (unpaired) electrons. The maximum absolute atomic E-state index is 13.3. The van der Waals surface area contributed by atoms with Crippen LogP contribution in [0, 0.1) is 11.3 Å². The average molecular weight is 423 g/mol. The summed E-state index contributed by atoms with van der Waals surface area (Å²) in [6.07, 6.45) is 8.36. The molecule has 2 atom stereocenters. The highest BCUT2D eigenvalue weighted by Crippen LogP contribution is 2.39. The molecule has 0 bridgehead atoms. The fourth-order valence-corrected chi connectivity index (χ4v) is 5.59. The number of hydrogen-bond donors (Lipinski definition) is 1. The summed E-state index contributed by atoms with van der Waals surface area (Å²) in [6.45, 7) is 3.74. The van der Waals surface area contributed by atoms with E-state index in [1.807, 2.05) is 17.9 Å². The molecule has 0 spiro atoms. The summed E-state index contributed by atoms with van der Waals surface area (Å²) in [5.74, 6) is 0.361. The van der Waals surface area contributed by atoms with Crippen LogP contribution in [0.15, 0.2) is 53.9 Å². The van der Waals surface area contributed by atoms with Crippen molar-refractivity contribution in [2.75, 3.05) is 19.6 Å². The molecule has 0 unspecified atom stereocenters. The van der Waals surface area contributed by atoms with Crippen LogP contribution in [0.5, 0.6) is 0 Å². The van der Waals surface area contributed by atoms with Gasteiger partial charge in [-0.3, -0.25) is 9.59 Å². The van der Waals surface area contributed by atoms with Crippen LogP contribution in [0.1, 0.15) is 38.2 Å². The van der Waals surface area contributed by atoms with E-state index in [-0.39, 0.29) is 17.7 Å². The molecular formula is C25H30N2O2S. The normalized spacial score (nSPS) is 23.5. The molecule has 4 rings (SSSR count). The van der Waals surface area contributed by atoms with Crippen LogP contribution in [-0.4, -0.2) is 36.3 Å². The quantitative estimate of drug-likeness (QED) is 0.688. The standard InChI is InChI=1S/C25H30N2O2S/c1-2-26-24(29)25(14-15-27(18-25)23(28)19-9-4-3-5-10-19)17-20-11-6-7-12-21(20)22-13-8-16-30-22/h3-4,6-8,11-13,16,19H,2,5,9-10,14-15,17-18H2,1H3,(H,26,29)/t19-,25-/m0/s1. The summed E-state index contributed by atoms with van der Waals surface area (Å²) in [7, 11) is 0. The monoisotopic (exact) mass is 422 g/mol. The van der Waals surface area contributed by atoms with Crippen LogP contribution in [-0.2, 0) is 16.0 Å². The predicted molar refractivity (Wildman–Crippen MR) is 122 cm³/mol. The van der Waals surface area contributed by atoms with E-state index in [4.69, 9.17) is 0 Å². The van der Waals surface area contributed by atoms with Gasteiger partial charge in [-0.05, 0) is 61.6 Å². The van der Waals surface area contributed by atoms with Gasteiger partial charge in [0.15, 0.2) is 0 Å². The van der Waals surface area contributed by atoms with Gasteiger partial charge >= 0.3 is 0 Å². The van der Waals surface area contributed by atoms with E-state index in [0.717, 1.165) is 19.3 Å². The van der Waals surface area contributed by atoms with Gasteiger partial charge in [-0.25, -0.2) is 0 Å². The number of nitrogens with one attached hydrogen (secondary N) is 1. The molecule has 1 aliphatic carbocycles. The van der Waals surface area contributed by atoms with Gasteiger partial charge < -0.3 is 10.2 Å². The first kappa shape index (κ1) is 20.9. The van der Waals surface area contributed by atoms with Gasteiger partial charge in [0.25, 0.3) is 0 Å². The lowest BCUT2D eigenvalue weighted by Crippen LogP contribution is -2.46. The number of likely N-dealkylation sites (tertiary alicyclic amines) is 1. The summed E-state index contributed by atoms with van der Waals surface area (Å²) in [4.78, 5) is 29.6. The van der Waals surface area contributed by atoms with Gasteiger partial charge in [-0.2, -0.15) is 0 Å². The zero-order valence-electron chi connectivity index (χ0n) is 17.6. The summed E-state index contributed by atoms with van der Waals surface area (Å²) in [5, 5.41) is 5.14. The SMILES string of the molecule is CCNC(=O)[C@]1(Cc2ccccc2-c2cccs2)CCN(C(=O)[C@H]2CC=CCC2)C1. The fraction of sp³-hybridized carbons (Fsp3) is 0.440. The van der Waals surface area contributed by atoms with Gasteiger partial charge in [0.1, 0.15) is 0 Å². The topological polar surface area (TPSA) is 49.4 Å². The lowest BCUT2D eigenvalue weighted by atomic mass is 9.78. The summed E-state index contributed by atoms with van der Waals surface area (Å²) in [6, 6.07) is 12.6. The molecule has 1 N–H and O–H groups in total. The third-order valence-electron chi connectivity index (χ3n) is 6.44. The zero-order chi connectivity index (χ0) is 21.0. The molecule has 1 fully saturated rings. The fourth-order valence-electron chi connectivity index (χ4n) is 4.81. The van der Waals surface area contributed by atoms with Crippen molar-refractivity contribution in [1.29, 1.82) is 0 Å². The van der Waals surface area contributed by atoms with E-state index >= 15 is 0 Å². The van der Waals surface area contributed by atoms with E-state index in [1.165, 1.54) is 16.0 Å². The molecule has 30 heavy (non-hydrogen) atoms. The molecule has 2 aromatic rings.